The number of hydrogen-bond donors (Lipinski definition) is 1. The number of hydrogen-bond acceptors (Lipinski definition) is 3. The molecule has 0 amide bonds. The van der Waals surface area contributed by atoms with Crippen LogP contribution in [0, 0.1) is 17.8 Å². The van der Waals surface area contributed by atoms with E-state index in [0.29, 0.717) is 18.1 Å². The average molecular weight is 283 g/mol. The molecule has 118 valence electrons. The van der Waals surface area contributed by atoms with E-state index in [1.54, 1.807) is 0 Å². The smallest absolute Gasteiger partial charge is 0.0674 e. The maximum absolute atomic E-state index is 10.4. The molecule has 2 rings (SSSR count). The van der Waals surface area contributed by atoms with Gasteiger partial charge in [0.15, 0.2) is 0 Å². The van der Waals surface area contributed by atoms with Gasteiger partial charge in [0.25, 0.3) is 0 Å². The summed E-state index contributed by atoms with van der Waals surface area (Å²) in [7, 11) is 0. The normalized spacial score (nSPS) is 40.2. The topological polar surface area (TPSA) is 32.7 Å². The Morgan fingerprint density at radius 2 is 2.05 bits per heavy atom. The molecule has 2 aliphatic rings. The number of nitrogens with zero attached hydrogens (tertiary/aromatic N) is 1. The summed E-state index contributed by atoms with van der Waals surface area (Å²) in [4.78, 5) is 2.57. The highest BCUT2D eigenvalue weighted by molar-refractivity contribution is 4.86. The van der Waals surface area contributed by atoms with Gasteiger partial charge in [-0.1, -0.05) is 20.8 Å². The van der Waals surface area contributed by atoms with E-state index in [0.717, 1.165) is 44.4 Å². The Morgan fingerprint density at radius 1 is 1.30 bits per heavy atom. The second-order valence-electron chi connectivity index (χ2n) is 7.30. The van der Waals surface area contributed by atoms with Crippen molar-refractivity contribution in [3.63, 3.8) is 0 Å². The number of aliphatic hydroxyl groups is 1. The fraction of sp³-hybridized carbons (Fsp3) is 1.00. The van der Waals surface area contributed by atoms with Crippen molar-refractivity contribution in [1.82, 2.24) is 4.90 Å². The third-order valence-corrected chi connectivity index (χ3v) is 5.45. The quantitative estimate of drug-likeness (QED) is 0.861. The number of rotatable bonds is 4. The lowest BCUT2D eigenvalue weighted by Gasteiger charge is -2.43. The van der Waals surface area contributed by atoms with E-state index in [1.807, 2.05) is 0 Å². The van der Waals surface area contributed by atoms with Crippen molar-refractivity contribution in [3.05, 3.63) is 0 Å². The van der Waals surface area contributed by atoms with Crippen LogP contribution in [0.4, 0.5) is 0 Å². The van der Waals surface area contributed by atoms with Crippen LogP contribution >= 0.6 is 0 Å². The maximum Gasteiger partial charge on any atom is 0.0674 e. The van der Waals surface area contributed by atoms with Gasteiger partial charge >= 0.3 is 0 Å². The van der Waals surface area contributed by atoms with Crippen LogP contribution in [0.3, 0.4) is 0 Å². The molecule has 5 unspecified atom stereocenters. The monoisotopic (exact) mass is 283 g/mol. The van der Waals surface area contributed by atoms with Gasteiger partial charge in [-0.25, -0.2) is 0 Å². The first kappa shape index (κ1) is 16.3. The third-order valence-electron chi connectivity index (χ3n) is 5.45. The fourth-order valence-corrected chi connectivity index (χ4v) is 3.90. The Labute approximate surface area is 124 Å². The van der Waals surface area contributed by atoms with Crippen molar-refractivity contribution < 1.29 is 9.84 Å². The van der Waals surface area contributed by atoms with E-state index in [2.05, 4.69) is 32.6 Å². The van der Waals surface area contributed by atoms with Gasteiger partial charge in [0.05, 0.1) is 18.8 Å². The van der Waals surface area contributed by atoms with Gasteiger partial charge in [-0.3, -0.25) is 4.90 Å². The highest BCUT2D eigenvalue weighted by atomic mass is 16.5. The van der Waals surface area contributed by atoms with Crippen molar-refractivity contribution >= 4 is 0 Å². The lowest BCUT2D eigenvalue weighted by molar-refractivity contribution is -0.0744. The van der Waals surface area contributed by atoms with Crippen molar-refractivity contribution in [3.8, 4) is 0 Å². The molecule has 1 aliphatic carbocycles. The molecule has 0 aromatic carbocycles. The molecule has 1 saturated heterocycles. The molecule has 1 saturated carbocycles. The van der Waals surface area contributed by atoms with E-state index in [9.17, 15) is 5.11 Å². The zero-order valence-electron chi connectivity index (χ0n) is 13.7. The molecular weight excluding hydrogens is 250 g/mol. The minimum absolute atomic E-state index is 0.0966. The van der Waals surface area contributed by atoms with E-state index < -0.39 is 0 Å². The Morgan fingerprint density at radius 3 is 2.70 bits per heavy atom. The van der Waals surface area contributed by atoms with Crippen molar-refractivity contribution in [1.29, 1.82) is 0 Å². The van der Waals surface area contributed by atoms with Crippen molar-refractivity contribution in [2.75, 3.05) is 19.7 Å². The molecule has 5 atom stereocenters. The summed E-state index contributed by atoms with van der Waals surface area (Å²) in [6, 6.07) is 0.540. The molecule has 1 heterocycles. The number of morpholine rings is 1. The summed E-state index contributed by atoms with van der Waals surface area (Å²) >= 11 is 0. The second kappa shape index (κ2) is 7.24. The Bertz CT molecular complexity index is 295. The van der Waals surface area contributed by atoms with Gasteiger partial charge in [-0.05, 0) is 50.4 Å². The predicted octanol–water partition coefficient (Wildman–Crippen LogP) is 2.92. The molecule has 0 aromatic heterocycles. The zero-order valence-corrected chi connectivity index (χ0v) is 13.7. The van der Waals surface area contributed by atoms with Gasteiger partial charge in [0, 0.05) is 19.1 Å². The molecule has 0 aromatic rings. The first-order valence-electron chi connectivity index (χ1n) is 8.55. The van der Waals surface area contributed by atoms with Crippen LogP contribution in [0.1, 0.15) is 53.4 Å². The van der Waals surface area contributed by atoms with Crippen LogP contribution < -0.4 is 0 Å². The predicted molar refractivity (Wildman–Crippen MR) is 82.7 cm³/mol. The molecule has 1 N–H and O–H groups in total. The van der Waals surface area contributed by atoms with Gasteiger partial charge < -0.3 is 9.84 Å². The second-order valence-corrected chi connectivity index (χ2v) is 7.30. The summed E-state index contributed by atoms with van der Waals surface area (Å²) in [6.07, 6.45) is 4.76. The van der Waals surface area contributed by atoms with E-state index in [-0.39, 0.29) is 6.10 Å². The van der Waals surface area contributed by atoms with Gasteiger partial charge in [-0.15, -0.1) is 0 Å². The summed E-state index contributed by atoms with van der Waals surface area (Å²) in [5, 5.41) is 10.4. The van der Waals surface area contributed by atoms with E-state index >= 15 is 0 Å². The lowest BCUT2D eigenvalue weighted by atomic mass is 9.74. The van der Waals surface area contributed by atoms with Crippen LogP contribution in [0.5, 0.6) is 0 Å². The van der Waals surface area contributed by atoms with Gasteiger partial charge in [0.2, 0.25) is 0 Å². The number of aliphatic hydroxyl groups excluding tert-OH is 1. The summed E-state index contributed by atoms with van der Waals surface area (Å²) in [5.41, 5.74) is 0. The van der Waals surface area contributed by atoms with Crippen LogP contribution in [0.25, 0.3) is 0 Å². The van der Waals surface area contributed by atoms with Gasteiger partial charge in [0.1, 0.15) is 0 Å². The lowest BCUT2D eigenvalue weighted by Crippen LogP contribution is -2.52. The maximum atomic E-state index is 10.4. The molecule has 0 spiro atoms. The van der Waals surface area contributed by atoms with Crippen molar-refractivity contribution in [2.24, 2.45) is 17.8 Å². The zero-order chi connectivity index (χ0) is 14.7. The number of ether oxygens (including phenoxy) is 1. The minimum atomic E-state index is -0.0966. The standard InChI is InChI=1S/C17H33NO2/c1-5-16-11-20-13(4)9-18(16)10-15-8-14(12(2)3)6-7-17(15)19/h12-17,19H,5-11H2,1-4H3. The molecule has 3 heteroatoms. The van der Waals surface area contributed by atoms with Crippen molar-refractivity contribution in [2.45, 2.75) is 71.6 Å². The first-order chi connectivity index (χ1) is 9.51. The van der Waals surface area contributed by atoms with Crippen LogP contribution in [0.15, 0.2) is 0 Å². The molecule has 0 bridgehead atoms. The third kappa shape index (κ3) is 3.96. The highest BCUT2D eigenvalue weighted by Crippen LogP contribution is 2.35. The summed E-state index contributed by atoms with van der Waals surface area (Å²) < 4.78 is 5.78. The Balaban J connectivity index is 1.95. The van der Waals surface area contributed by atoms with Crippen LogP contribution in [0.2, 0.25) is 0 Å². The minimum Gasteiger partial charge on any atom is -0.393 e. The average Bonchev–Trinajstić information content (AvgIpc) is 2.41. The largest absolute Gasteiger partial charge is 0.393 e. The van der Waals surface area contributed by atoms with E-state index in [1.165, 1.54) is 12.8 Å². The van der Waals surface area contributed by atoms with Gasteiger partial charge in [-0.2, -0.15) is 0 Å². The first-order valence-corrected chi connectivity index (χ1v) is 8.55. The Hall–Kier alpha value is -0.120. The molecular formula is C17H33NO2. The Kier molecular flexibility index (Phi) is 5.88. The molecule has 3 nitrogen and oxygen atoms in total. The highest BCUT2D eigenvalue weighted by Gasteiger charge is 2.34. The fourth-order valence-electron chi connectivity index (χ4n) is 3.90. The molecule has 1 aliphatic heterocycles. The van der Waals surface area contributed by atoms with Crippen LogP contribution in [-0.4, -0.2) is 48.0 Å². The SMILES string of the molecule is CCC1COC(C)CN1CC1CC(C(C)C)CCC1O. The summed E-state index contributed by atoms with van der Waals surface area (Å²) in [6.45, 7) is 12.0. The molecule has 0 radical (unpaired) electrons. The molecule has 2 fully saturated rings. The molecule has 20 heavy (non-hydrogen) atoms. The summed E-state index contributed by atoms with van der Waals surface area (Å²) in [5.74, 6) is 1.99. The van der Waals surface area contributed by atoms with Crippen LogP contribution in [-0.2, 0) is 4.74 Å². The van der Waals surface area contributed by atoms with E-state index in [4.69, 9.17) is 4.74 Å².